The van der Waals surface area contributed by atoms with Crippen LogP contribution in [0.5, 0.6) is 5.75 Å². The van der Waals surface area contributed by atoms with Gasteiger partial charge in [-0.3, -0.25) is 4.79 Å². The fourth-order valence-corrected chi connectivity index (χ4v) is 2.44. The Bertz CT molecular complexity index is 608. The third kappa shape index (κ3) is 4.01. The van der Waals surface area contributed by atoms with Crippen LogP contribution in [0.2, 0.25) is 0 Å². The topological polar surface area (TPSA) is 57.4 Å². The summed E-state index contributed by atoms with van der Waals surface area (Å²) >= 11 is 0. The van der Waals surface area contributed by atoms with Crippen LogP contribution in [0.15, 0.2) is 24.3 Å². The van der Waals surface area contributed by atoms with Crippen molar-refractivity contribution in [1.82, 2.24) is 15.2 Å². The van der Waals surface area contributed by atoms with Crippen LogP contribution in [-0.4, -0.2) is 49.1 Å². The molecule has 0 radical (unpaired) electrons. The minimum Gasteiger partial charge on any atom is -0.494 e. The van der Waals surface area contributed by atoms with Crippen molar-refractivity contribution in [2.24, 2.45) is 0 Å². The molecule has 0 aliphatic carbocycles. The summed E-state index contributed by atoms with van der Waals surface area (Å²) in [5.41, 5.74) is 1.39. The normalized spacial score (nSPS) is 10.5. The van der Waals surface area contributed by atoms with E-state index in [2.05, 4.69) is 29.0 Å². The molecule has 1 heterocycles. The fourth-order valence-electron chi connectivity index (χ4n) is 2.44. The molecule has 0 saturated heterocycles. The molecule has 122 valence electrons. The Hall–Kier alpha value is -1.53. The van der Waals surface area contributed by atoms with E-state index in [1.165, 1.54) is 0 Å². The van der Waals surface area contributed by atoms with E-state index in [9.17, 15) is 4.79 Å². The molecule has 0 saturated carbocycles. The van der Waals surface area contributed by atoms with Gasteiger partial charge >= 0.3 is 0 Å². The number of carbonyl (C=O) groups is 1. The molecular weight excluding hydrogens is 346 g/mol. The number of ether oxygens (including phenoxy) is 1. The second-order valence-corrected chi connectivity index (χ2v) is 4.86. The van der Waals surface area contributed by atoms with Gasteiger partial charge < -0.3 is 19.9 Å². The lowest BCUT2D eigenvalue weighted by molar-refractivity contribution is 0.0941. The maximum absolute atomic E-state index is 12.3. The standard InChI is InChI=1S/C16H23N3O2.BrH/c1-4-19(5-2)11-10-17-16(20)14-15(21-3)12-8-6-7-9-13(12)18-14;/h6-9,18H,4-5,10-11H2,1-3H3,(H,17,20);1H. The van der Waals surface area contributed by atoms with E-state index < -0.39 is 0 Å². The smallest absolute Gasteiger partial charge is 0.271 e. The highest BCUT2D eigenvalue weighted by atomic mass is 79.9. The van der Waals surface area contributed by atoms with Gasteiger partial charge in [-0.1, -0.05) is 26.0 Å². The minimum absolute atomic E-state index is 0. The van der Waals surface area contributed by atoms with E-state index in [1.807, 2.05) is 24.3 Å². The quantitative estimate of drug-likeness (QED) is 0.788. The van der Waals surface area contributed by atoms with Crippen LogP contribution in [0.1, 0.15) is 24.3 Å². The molecule has 22 heavy (non-hydrogen) atoms. The molecule has 2 aromatic rings. The van der Waals surface area contributed by atoms with Gasteiger partial charge in [0.25, 0.3) is 5.91 Å². The van der Waals surface area contributed by atoms with E-state index in [-0.39, 0.29) is 22.9 Å². The van der Waals surface area contributed by atoms with Gasteiger partial charge in [-0.15, -0.1) is 17.0 Å². The van der Waals surface area contributed by atoms with Crippen LogP contribution >= 0.6 is 17.0 Å². The van der Waals surface area contributed by atoms with Crippen molar-refractivity contribution in [2.75, 3.05) is 33.3 Å². The lowest BCUT2D eigenvalue weighted by atomic mass is 10.2. The predicted molar refractivity (Wildman–Crippen MR) is 95.3 cm³/mol. The molecule has 0 aliphatic heterocycles. The van der Waals surface area contributed by atoms with Crippen LogP contribution in [0.3, 0.4) is 0 Å². The molecule has 0 fully saturated rings. The maximum Gasteiger partial charge on any atom is 0.271 e. The minimum atomic E-state index is -0.129. The molecule has 0 bridgehead atoms. The molecule has 0 spiro atoms. The average molecular weight is 370 g/mol. The number of para-hydroxylation sites is 1. The third-order valence-corrected chi connectivity index (χ3v) is 3.70. The molecular formula is C16H24BrN3O2. The van der Waals surface area contributed by atoms with Gasteiger partial charge in [0.1, 0.15) is 5.69 Å². The molecule has 2 N–H and O–H groups in total. The Morgan fingerprint density at radius 2 is 1.95 bits per heavy atom. The van der Waals surface area contributed by atoms with Gasteiger partial charge in [-0.05, 0) is 25.2 Å². The summed E-state index contributed by atoms with van der Waals surface area (Å²) in [5, 5.41) is 3.87. The fraction of sp³-hybridized carbons (Fsp3) is 0.438. The van der Waals surface area contributed by atoms with Gasteiger partial charge in [0.15, 0.2) is 5.75 Å². The Kier molecular flexibility index (Phi) is 7.41. The monoisotopic (exact) mass is 369 g/mol. The summed E-state index contributed by atoms with van der Waals surface area (Å²) < 4.78 is 5.39. The summed E-state index contributed by atoms with van der Waals surface area (Å²) in [7, 11) is 1.59. The van der Waals surface area contributed by atoms with Crippen molar-refractivity contribution < 1.29 is 9.53 Å². The number of carbonyl (C=O) groups excluding carboxylic acids is 1. The summed E-state index contributed by atoms with van der Waals surface area (Å²) in [6, 6.07) is 7.74. The van der Waals surface area contributed by atoms with Gasteiger partial charge in [-0.25, -0.2) is 0 Å². The van der Waals surface area contributed by atoms with Crippen LogP contribution in [0, 0.1) is 0 Å². The lowest BCUT2D eigenvalue weighted by Gasteiger charge is -2.17. The number of aromatic nitrogens is 1. The number of halogens is 1. The van der Waals surface area contributed by atoms with E-state index in [4.69, 9.17) is 4.74 Å². The second kappa shape index (κ2) is 8.80. The van der Waals surface area contributed by atoms with Crippen molar-refractivity contribution in [1.29, 1.82) is 0 Å². The van der Waals surface area contributed by atoms with E-state index in [0.29, 0.717) is 18.0 Å². The number of hydrogen-bond donors (Lipinski definition) is 2. The van der Waals surface area contributed by atoms with Crippen molar-refractivity contribution in [2.45, 2.75) is 13.8 Å². The number of H-pyrrole nitrogens is 1. The molecule has 0 atom stereocenters. The number of fused-ring (bicyclic) bond motifs is 1. The number of aromatic amines is 1. The average Bonchev–Trinajstić information content (AvgIpc) is 2.90. The Labute approximate surface area is 141 Å². The first kappa shape index (κ1) is 18.5. The number of nitrogens with zero attached hydrogens (tertiary/aromatic N) is 1. The maximum atomic E-state index is 12.3. The summed E-state index contributed by atoms with van der Waals surface area (Å²) in [6.45, 7) is 7.68. The summed E-state index contributed by atoms with van der Waals surface area (Å²) in [5.74, 6) is 0.473. The molecule has 0 unspecified atom stereocenters. The summed E-state index contributed by atoms with van der Waals surface area (Å²) in [6.07, 6.45) is 0. The largest absolute Gasteiger partial charge is 0.494 e. The van der Waals surface area contributed by atoms with Crippen molar-refractivity contribution in [3.63, 3.8) is 0 Å². The van der Waals surface area contributed by atoms with Gasteiger partial charge in [-0.2, -0.15) is 0 Å². The molecule has 6 heteroatoms. The highest BCUT2D eigenvalue weighted by Gasteiger charge is 2.18. The zero-order valence-corrected chi connectivity index (χ0v) is 15.0. The van der Waals surface area contributed by atoms with Crippen molar-refractivity contribution >= 4 is 33.8 Å². The van der Waals surface area contributed by atoms with E-state index >= 15 is 0 Å². The van der Waals surface area contributed by atoms with Crippen LogP contribution < -0.4 is 10.1 Å². The molecule has 5 nitrogen and oxygen atoms in total. The first-order chi connectivity index (χ1) is 10.2. The molecule has 1 aromatic carbocycles. The highest BCUT2D eigenvalue weighted by molar-refractivity contribution is 8.93. The zero-order valence-electron chi connectivity index (χ0n) is 13.3. The molecule has 0 aliphatic rings. The van der Waals surface area contributed by atoms with Gasteiger partial charge in [0, 0.05) is 24.0 Å². The number of methoxy groups -OCH3 is 1. The number of nitrogens with one attached hydrogen (secondary N) is 2. The number of amides is 1. The number of hydrogen-bond acceptors (Lipinski definition) is 3. The first-order valence-corrected chi connectivity index (χ1v) is 7.36. The zero-order chi connectivity index (χ0) is 15.2. The van der Waals surface area contributed by atoms with Gasteiger partial charge in [0.2, 0.25) is 0 Å². The Morgan fingerprint density at radius 1 is 1.27 bits per heavy atom. The number of rotatable bonds is 7. The Morgan fingerprint density at radius 3 is 2.59 bits per heavy atom. The van der Waals surface area contributed by atoms with Crippen molar-refractivity contribution in [3.05, 3.63) is 30.0 Å². The van der Waals surface area contributed by atoms with Crippen molar-refractivity contribution in [3.8, 4) is 5.75 Å². The van der Waals surface area contributed by atoms with Gasteiger partial charge in [0.05, 0.1) is 7.11 Å². The third-order valence-electron chi connectivity index (χ3n) is 3.70. The molecule has 2 rings (SSSR count). The van der Waals surface area contributed by atoms with Crippen LogP contribution in [0.25, 0.3) is 10.9 Å². The number of benzene rings is 1. The lowest BCUT2D eigenvalue weighted by Crippen LogP contribution is -2.35. The highest BCUT2D eigenvalue weighted by Crippen LogP contribution is 2.29. The Balaban J connectivity index is 0.00000242. The van der Waals surface area contributed by atoms with Crippen LogP contribution in [-0.2, 0) is 0 Å². The van der Waals surface area contributed by atoms with E-state index in [1.54, 1.807) is 7.11 Å². The first-order valence-electron chi connectivity index (χ1n) is 7.36. The summed E-state index contributed by atoms with van der Waals surface area (Å²) in [4.78, 5) is 17.7. The second-order valence-electron chi connectivity index (χ2n) is 4.86. The van der Waals surface area contributed by atoms with E-state index in [0.717, 1.165) is 30.5 Å². The number of likely N-dealkylation sites (N-methyl/N-ethyl adjacent to an activating group) is 1. The predicted octanol–water partition coefficient (Wildman–Crippen LogP) is 2.83. The van der Waals surface area contributed by atoms with Crippen LogP contribution in [0.4, 0.5) is 0 Å². The molecule has 1 aromatic heterocycles. The SMILES string of the molecule is Br.CCN(CC)CCNC(=O)c1[nH]c2ccccc2c1OC. The molecule has 1 amide bonds.